The summed E-state index contributed by atoms with van der Waals surface area (Å²) >= 11 is 0. The minimum atomic E-state index is 0.0347. The molecule has 1 aromatic carbocycles. The minimum Gasteiger partial charge on any atom is -0.488 e. The van der Waals surface area contributed by atoms with E-state index < -0.39 is 0 Å². The largest absolute Gasteiger partial charge is 0.488 e. The number of carbonyl (C=O) groups excluding carboxylic acids is 1. The quantitative estimate of drug-likeness (QED) is 0.645. The van der Waals surface area contributed by atoms with Gasteiger partial charge < -0.3 is 19.5 Å². The van der Waals surface area contributed by atoms with E-state index in [1.54, 1.807) is 7.11 Å². The number of piperidine rings is 1. The lowest BCUT2D eigenvalue weighted by molar-refractivity contribution is -0.129. The molecule has 184 valence electrons. The molecule has 0 saturated carbocycles. The van der Waals surface area contributed by atoms with Gasteiger partial charge in [0.25, 0.3) is 0 Å². The van der Waals surface area contributed by atoms with Gasteiger partial charge in [-0.25, -0.2) is 0 Å². The first kappa shape index (κ1) is 24.5. The van der Waals surface area contributed by atoms with E-state index >= 15 is 0 Å². The van der Waals surface area contributed by atoms with E-state index in [4.69, 9.17) is 14.2 Å². The number of morpholine rings is 1. The van der Waals surface area contributed by atoms with Crippen molar-refractivity contribution in [1.29, 1.82) is 0 Å². The molecule has 3 heterocycles. The van der Waals surface area contributed by atoms with Crippen molar-refractivity contribution in [3.05, 3.63) is 29.8 Å². The van der Waals surface area contributed by atoms with Crippen LogP contribution in [0.5, 0.6) is 5.75 Å². The molecule has 4 rings (SSSR count). The third-order valence-electron chi connectivity index (χ3n) is 7.26. The smallest absolute Gasteiger partial charge is 0.222 e. The van der Waals surface area contributed by atoms with Crippen LogP contribution in [0.2, 0.25) is 0 Å². The van der Waals surface area contributed by atoms with E-state index in [1.165, 1.54) is 31.2 Å². The fourth-order valence-electron chi connectivity index (χ4n) is 5.60. The molecule has 1 aromatic rings. The van der Waals surface area contributed by atoms with Gasteiger partial charge in [-0.05, 0) is 50.3 Å². The van der Waals surface area contributed by atoms with Crippen LogP contribution >= 0.6 is 0 Å². The standard InChI is InChI=1S/C26H41N3O4/c1-20(19-31-2)33-24-9-7-21(8-10-24)16-22-6-4-3-5-11-29(22)25-17-23(18-26(30)27-25)28-12-14-32-15-13-28/h7-10,20,22-23,25H,3-6,11-19H2,1-2H3,(H,27,30)/t20-,22-,23?,25?/m1/s1. The predicted octanol–water partition coefficient (Wildman–Crippen LogP) is 2.82. The van der Waals surface area contributed by atoms with Crippen molar-refractivity contribution in [2.24, 2.45) is 0 Å². The van der Waals surface area contributed by atoms with Crippen molar-refractivity contribution in [3.8, 4) is 5.75 Å². The van der Waals surface area contributed by atoms with Crippen molar-refractivity contribution >= 4 is 5.91 Å². The predicted molar refractivity (Wildman–Crippen MR) is 128 cm³/mol. The summed E-state index contributed by atoms with van der Waals surface area (Å²) in [6.45, 7) is 7.08. The van der Waals surface area contributed by atoms with Gasteiger partial charge in [0.1, 0.15) is 11.9 Å². The number of amides is 1. The average molecular weight is 460 g/mol. The fourth-order valence-corrected chi connectivity index (χ4v) is 5.60. The number of ether oxygens (including phenoxy) is 3. The molecule has 3 aliphatic heterocycles. The summed E-state index contributed by atoms with van der Waals surface area (Å²) in [6, 6.07) is 9.28. The lowest BCUT2D eigenvalue weighted by Crippen LogP contribution is -2.60. The molecule has 3 fully saturated rings. The van der Waals surface area contributed by atoms with Crippen molar-refractivity contribution in [2.75, 3.05) is 46.6 Å². The van der Waals surface area contributed by atoms with Crippen molar-refractivity contribution in [3.63, 3.8) is 0 Å². The molecule has 0 aromatic heterocycles. The third kappa shape index (κ3) is 6.92. The van der Waals surface area contributed by atoms with E-state index in [0.717, 1.165) is 51.4 Å². The normalized spacial score (nSPS) is 28.7. The second-order valence-electron chi connectivity index (χ2n) is 9.80. The van der Waals surface area contributed by atoms with E-state index in [0.29, 0.717) is 25.1 Å². The molecular weight excluding hydrogens is 418 g/mol. The van der Waals surface area contributed by atoms with E-state index in [1.807, 2.05) is 6.92 Å². The Morgan fingerprint density at radius 3 is 2.67 bits per heavy atom. The summed E-state index contributed by atoms with van der Waals surface area (Å²) in [5, 5.41) is 3.34. The van der Waals surface area contributed by atoms with Crippen LogP contribution in [0.3, 0.4) is 0 Å². The summed E-state index contributed by atoms with van der Waals surface area (Å²) < 4.78 is 16.6. The van der Waals surface area contributed by atoms with Gasteiger partial charge in [0.2, 0.25) is 5.91 Å². The maximum Gasteiger partial charge on any atom is 0.222 e. The number of carbonyl (C=O) groups is 1. The van der Waals surface area contributed by atoms with Crippen LogP contribution in [0.4, 0.5) is 0 Å². The monoisotopic (exact) mass is 459 g/mol. The van der Waals surface area contributed by atoms with E-state index in [9.17, 15) is 4.79 Å². The first-order chi connectivity index (χ1) is 16.1. The number of nitrogens with one attached hydrogen (secondary N) is 1. The minimum absolute atomic E-state index is 0.0347. The molecule has 7 heteroatoms. The van der Waals surface area contributed by atoms with Crippen LogP contribution in [0.1, 0.15) is 51.0 Å². The number of rotatable bonds is 8. The second kappa shape index (κ2) is 12.2. The molecule has 0 radical (unpaired) electrons. The van der Waals surface area contributed by atoms with Crippen LogP contribution in [0.25, 0.3) is 0 Å². The first-order valence-electron chi connectivity index (χ1n) is 12.7. The molecule has 3 aliphatic rings. The SMILES string of the molecule is COC[C@@H](C)Oc1ccc(C[C@H]2CCCCCN2C2CC(N3CCOCC3)CC(=O)N2)cc1. The number of hydrogen-bond donors (Lipinski definition) is 1. The molecule has 1 N–H and O–H groups in total. The average Bonchev–Trinajstić information content (AvgIpc) is 3.06. The van der Waals surface area contributed by atoms with Crippen molar-refractivity contribution in [1.82, 2.24) is 15.1 Å². The number of methoxy groups -OCH3 is 1. The van der Waals surface area contributed by atoms with Gasteiger partial charge in [0, 0.05) is 45.2 Å². The summed E-state index contributed by atoms with van der Waals surface area (Å²) in [7, 11) is 1.69. The molecule has 0 aliphatic carbocycles. The van der Waals surface area contributed by atoms with Gasteiger partial charge in [0.05, 0.1) is 26.0 Å². The van der Waals surface area contributed by atoms with Crippen molar-refractivity contribution < 1.29 is 19.0 Å². The lowest BCUT2D eigenvalue weighted by Gasteiger charge is -2.45. The number of nitrogens with zero attached hydrogens (tertiary/aromatic N) is 2. The Morgan fingerprint density at radius 2 is 1.91 bits per heavy atom. The van der Waals surface area contributed by atoms with Gasteiger partial charge in [0.15, 0.2) is 0 Å². The zero-order valence-corrected chi connectivity index (χ0v) is 20.3. The maximum absolute atomic E-state index is 12.7. The van der Waals surface area contributed by atoms with E-state index in [2.05, 4.69) is 39.4 Å². The van der Waals surface area contributed by atoms with Gasteiger partial charge in [-0.3, -0.25) is 14.6 Å². The fraction of sp³-hybridized carbons (Fsp3) is 0.731. The molecule has 3 saturated heterocycles. The Hall–Kier alpha value is -1.67. The van der Waals surface area contributed by atoms with Gasteiger partial charge in [-0.2, -0.15) is 0 Å². The number of benzene rings is 1. The molecule has 2 unspecified atom stereocenters. The molecule has 4 atom stereocenters. The first-order valence-corrected chi connectivity index (χ1v) is 12.7. The molecule has 7 nitrogen and oxygen atoms in total. The van der Waals surface area contributed by atoms with Crippen LogP contribution in [0.15, 0.2) is 24.3 Å². The highest BCUT2D eigenvalue weighted by Crippen LogP contribution is 2.27. The highest BCUT2D eigenvalue weighted by atomic mass is 16.5. The van der Waals surface area contributed by atoms with Crippen LogP contribution in [-0.2, 0) is 20.7 Å². The Morgan fingerprint density at radius 1 is 1.12 bits per heavy atom. The summed E-state index contributed by atoms with van der Waals surface area (Å²) in [6.07, 6.45) is 7.68. The Bertz CT molecular complexity index is 738. The lowest BCUT2D eigenvalue weighted by atomic mass is 9.96. The van der Waals surface area contributed by atoms with Gasteiger partial charge in [-0.15, -0.1) is 0 Å². The highest BCUT2D eigenvalue weighted by Gasteiger charge is 2.37. The number of likely N-dealkylation sites (tertiary alicyclic amines) is 1. The Balaban J connectivity index is 1.41. The third-order valence-corrected chi connectivity index (χ3v) is 7.26. The van der Waals surface area contributed by atoms with Crippen LogP contribution in [0, 0.1) is 0 Å². The molecule has 33 heavy (non-hydrogen) atoms. The molecular formula is C26H41N3O4. The van der Waals surface area contributed by atoms with Gasteiger partial charge >= 0.3 is 0 Å². The Labute approximate surface area is 198 Å². The molecule has 1 amide bonds. The topological polar surface area (TPSA) is 63.3 Å². The Kier molecular flexibility index (Phi) is 9.01. The number of hydrogen-bond acceptors (Lipinski definition) is 6. The van der Waals surface area contributed by atoms with E-state index in [-0.39, 0.29) is 18.2 Å². The highest BCUT2D eigenvalue weighted by molar-refractivity contribution is 5.77. The van der Waals surface area contributed by atoms with Gasteiger partial charge in [-0.1, -0.05) is 25.0 Å². The zero-order valence-electron chi connectivity index (χ0n) is 20.3. The summed E-state index contributed by atoms with van der Waals surface area (Å²) in [5.41, 5.74) is 1.32. The van der Waals surface area contributed by atoms with Crippen LogP contribution in [-0.4, -0.2) is 86.6 Å². The molecule has 0 spiro atoms. The molecule has 0 bridgehead atoms. The second-order valence-corrected chi connectivity index (χ2v) is 9.80. The summed E-state index contributed by atoms with van der Waals surface area (Å²) in [4.78, 5) is 17.7. The summed E-state index contributed by atoms with van der Waals surface area (Å²) in [5.74, 6) is 1.08. The van der Waals surface area contributed by atoms with Crippen LogP contribution < -0.4 is 10.1 Å². The maximum atomic E-state index is 12.7. The zero-order chi connectivity index (χ0) is 23.0. The van der Waals surface area contributed by atoms with Crippen molar-refractivity contribution in [2.45, 2.75) is 76.2 Å².